The molecular formula is C12H10BrClN2O. The fourth-order valence-corrected chi connectivity index (χ4v) is 1.92. The molecule has 0 aliphatic rings. The number of ether oxygens (including phenoxy) is 1. The molecule has 1 aromatic heterocycles. The third-order valence-corrected chi connectivity index (χ3v) is 3.35. The average molecular weight is 314 g/mol. The number of nitrogens with zero attached hydrogens (tertiary/aromatic N) is 2. The first-order chi connectivity index (χ1) is 8.06. The Balaban J connectivity index is 2.34. The van der Waals surface area contributed by atoms with E-state index in [-0.39, 0.29) is 0 Å². The van der Waals surface area contributed by atoms with Crippen molar-refractivity contribution in [1.82, 2.24) is 9.97 Å². The van der Waals surface area contributed by atoms with Gasteiger partial charge in [0.2, 0.25) is 5.88 Å². The third-order valence-electron chi connectivity index (χ3n) is 2.12. The zero-order chi connectivity index (χ0) is 12.4. The molecule has 88 valence electrons. The zero-order valence-corrected chi connectivity index (χ0v) is 11.7. The van der Waals surface area contributed by atoms with E-state index in [1.54, 1.807) is 0 Å². The van der Waals surface area contributed by atoms with Crippen LogP contribution in [0.4, 0.5) is 0 Å². The summed E-state index contributed by atoms with van der Waals surface area (Å²) in [5, 5.41) is 0.333. The van der Waals surface area contributed by atoms with Crippen LogP contribution in [0.2, 0.25) is 5.15 Å². The lowest BCUT2D eigenvalue weighted by Gasteiger charge is -2.08. The normalized spacial score (nSPS) is 10.4. The minimum Gasteiger partial charge on any atom is -0.438 e. The number of hydrogen-bond acceptors (Lipinski definition) is 3. The van der Waals surface area contributed by atoms with Gasteiger partial charge in [0.25, 0.3) is 0 Å². The third kappa shape index (κ3) is 2.96. The molecule has 0 fully saturated rings. The van der Waals surface area contributed by atoms with Crippen LogP contribution in [0.1, 0.15) is 11.1 Å². The van der Waals surface area contributed by atoms with E-state index in [1.807, 2.05) is 26.0 Å². The van der Waals surface area contributed by atoms with Crippen molar-refractivity contribution in [2.75, 3.05) is 0 Å². The second-order valence-electron chi connectivity index (χ2n) is 3.71. The van der Waals surface area contributed by atoms with E-state index in [9.17, 15) is 0 Å². The molecule has 0 saturated heterocycles. The zero-order valence-electron chi connectivity index (χ0n) is 9.37. The fraction of sp³-hybridized carbons (Fsp3) is 0.167. The predicted molar refractivity (Wildman–Crippen MR) is 70.7 cm³/mol. The monoisotopic (exact) mass is 312 g/mol. The van der Waals surface area contributed by atoms with Crippen LogP contribution in [-0.2, 0) is 0 Å². The molecule has 2 aromatic rings. The van der Waals surface area contributed by atoms with E-state index in [1.165, 1.54) is 6.33 Å². The van der Waals surface area contributed by atoms with Crippen LogP contribution >= 0.6 is 27.5 Å². The van der Waals surface area contributed by atoms with Gasteiger partial charge in [-0.05, 0) is 53.0 Å². The first kappa shape index (κ1) is 12.3. The van der Waals surface area contributed by atoms with Gasteiger partial charge in [0.05, 0.1) is 0 Å². The summed E-state index contributed by atoms with van der Waals surface area (Å²) < 4.78 is 6.23. The molecule has 2 rings (SSSR count). The Labute approximate surface area is 113 Å². The minimum atomic E-state index is 0.333. The van der Waals surface area contributed by atoms with Gasteiger partial charge in [-0.1, -0.05) is 17.7 Å². The quantitative estimate of drug-likeness (QED) is 0.775. The highest BCUT2D eigenvalue weighted by Crippen LogP contribution is 2.32. The Morgan fingerprint density at radius 3 is 2.41 bits per heavy atom. The van der Waals surface area contributed by atoms with Crippen LogP contribution in [0.15, 0.2) is 29.0 Å². The number of halogens is 2. The smallest absolute Gasteiger partial charge is 0.238 e. The summed E-state index contributed by atoms with van der Waals surface area (Å²) in [6.07, 6.45) is 1.37. The fourth-order valence-electron chi connectivity index (χ4n) is 1.51. The molecule has 17 heavy (non-hydrogen) atoms. The van der Waals surface area contributed by atoms with Crippen LogP contribution in [0.25, 0.3) is 0 Å². The number of aryl methyl sites for hydroxylation is 2. The van der Waals surface area contributed by atoms with Gasteiger partial charge < -0.3 is 4.74 Å². The first-order valence-corrected chi connectivity index (χ1v) is 6.15. The van der Waals surface area contributed by atoms with Gasteiger partial charge in [0.15, 0.2) is 5.15 Å². The summed E-state index contributed by atoms with van der Waals surface area (Å²) in [5.74, 6) is 1.15. The Morgan fingerprint density at radius 1 is 1.12 bits per heavy atom. The van der Waals surface area contributed by atoms with E-state index >= 15 is 0 Å². The maximum atomic E-state index is 5.86. The van der Waals surface area contributed by atoms with Gasteiger partial charge in [-0.15, -0.1) is 0 Å². The molecule has 0 aliphatic heterocycles. The lowest BCUT2D eigenvalue weighted by Crippen LogP contribution is -1.92. The highest BCUT2D eigenvalue weighted by atomic mass is 79.9. The van der Waals surface area contributed by atoms with Crippen molar-refractivity contribution in [3.63, 3.8) is 0 Å². The SMILES string of the molecule is Cc1cc(C)cc(Oc2ncnc(Cl)c2Br)c1. The van der Waals surface area contributed by atoms with Gasteiger partial charge in [-0.3, -0.25) is 0 Å². The van der Waals surface area contributed by atoms with E-state index in [4.69, 9.17) is 16.3 Å². The van der Waals surface area contributed by atoms with Crippen molar-refractivity contribution in [3.05, 3.63) is 45.3 Å². The lowest BCUT2D eigenvalue weighted by molar-refractivity contribution is 0.457. The van der Waals surface area contributed by atoms with Crippen LogP contribution in [0.5, 0.6) is 11.6 Å². The van der Waals surface area contributed by atoms with Crippen molar-refractivity contribution < 1.29 is 4.74 Å². The molecule has 5 heteroatoms. The Hall–Kier alpha value is -1.13. The largest absolute Gasteiger partial charge is 0.438 e. The van der Waals surface area contributed by atoms with Crippen LogP contribution in [0, 0.1) is 13.8 Å². The van der Waals surface area contributed by atoms with Crippen LogP contribution in [0.3, 0.4) is 0 Å². The van der Waals surface area contributed by atoms with Gasteiger partial charge in [-0.2, -0.15) is 0 Å². The molecule has 0 N–H and O–H groups in total. The van der Waals surface area contributed by atoms with Gasteiger partial charge in [0.1, 0.15) is 16.5 Å². The van der Waals surface area contributed by atoms with Crippen molar-refractivity contribution in [2.24, 2.45) is 0 Å². The molecule has 1 heterocycles. The van der Waals surface area contributed by atoms with Crippen molar-refractivity contribution >= 4 is 27.5 Å². The molecule has 3 nitrogen and oxygen atoms in total. The second-order valence-corrected chi connectivity index (χ2v) is 4.86. The Bertz CT molecular complexity index is 540. The summed E-state index contributed by atoms with van der Waals surface area (Å²) >= 11 is 9.16. The standard InChI is InChI=1S/C12H10BrClN2O/c1-7-3-8(2)5-9(4-7)17-12-10(13)11(14)15-6-16-12/h3-6H,1-2H3. The molecule has 0 atom stereocenters. The minimum absolute atomic E-state index is 0.333. The number of rotatable bonds is 2. The van der Waals surface area contributed by atoms with Gasteiger partial charge in [-0.25, -0.2) is 9.97 Å². The topological polar surface area (TPSA) is 35.0 Å². The molecule has 0 spiro atoms. The maximum absolute atomic E-state index is 5.86. The molecule has 0 amide bonds. The summed E-state index contributed by atoms with van der Waals surface area (Å²) in [7, 11) is 0. The Kier molecular flexibility index (Phi) is 3.64. The lowest BCUT2D eigenvalue weighted by atomic mass is 10.1. The summed E-state index contributed by atoms with van der Waals surface area (Å²) in [4.78, 5) is 7.87. The summed E-state index contributed by atoms with van der Waals surface area (Å²) in [6.45, 7) is 4.03. The molecule has 1 aromatic carbocycles. The molecule has 0 aliphatic carbocycles. The summed E-state index contributed by atoms with van der Waals surface area (Å²) in [6, 6.07) is 5.96. The summed E-state index contributed by atoms with van der Waals surface area (Å²) in [5.41, 5.74) is 2.27. The number of hydrogen-bond donors (Lipinski definition) is 0. The molecular weight excluding hydrogens is 304 g/mol. The van der Waals surface area contributed by atoms with E-state index < -0.39 is 0 Å². The van der Waals surface area contributed by atoms with Crippen LogP contribution in [-0.4, -0.2) is 9.97 Å². The molecule has 0 radical (unpaired) electrons. The average Bonchev–Trinajstić information content (AvgIpc) is 2.23. The molecule has 0 unspecified atom stereocenters. The molecule has 0 bridgehead atoms. The highest BCUT2D eigenvalue weighted by Gasteiger charge is 2.09. The van der Waals surface area contributed by atoms with Crippen molar-refractivity contribution in [2.45, 2.75) is 13.8 Å². The van der Waals surface area contributed by atoms with Crippen LogP contribution < -0.4 is 4.74 Å². The van der Waals surface area contributed by atoms with E-state index in [2.05, 4.69) is 32.0 Å². The van der Waals surface area contributed by atoms with Gasteiger partial charge >= 0.3 is 0 Å². The van der Waals surface area contributed by atoms with Crippen molar-refractivity contribution in [3.8, 4) is 11.6 Å². The van der Waals surface area contributed by atoms with Crippen molar-refractivity contribution in [1.29, 1.82) is 0 Å². The second kappa shape index (κ2) is 5.02. The number of aromatic nitrogens is 2. The van der Waals surface area contributed by atoms with E-state index in [0.29, 0.717) is 15.5 Å². The first-order valence-electron chi connectivity index (χ1n) is 4.98. The maximum Gasteiger partial charge on any atom is 0.238 e. The molecule has 0 saturated carbocycles. The highest BCUT2D eigenvalue weighted by molar-refractivity contribution is 9.10. The number of benzene rings is 1. The predicted octanol–water partition coefficient (Wildman–Crippen LogP) is 4.30. The van der Waals surface area contributed by atoms with E-state index in [0.717, 1.165) is 16.9 Å². The van der Waals surface area contributed by atoms with Gasteiger partial charge in [0, 0.05) is 0 Å². The Morgan fingerprint density at radius 2 is 1.76 bits per heavy atom.